The molecule has 0 unspecified atom stereocenters. The molecule has 0 bridgehead atoms. The van der Waals surface area contributed by atoms with Gasteiger partial charge in [0.05, 0.1) is 17.6 Å². The van der Waals surface area contributed by atoms with Crippen molar-refractivity contribution in [1.29, 1.82) is 0 Å². The Hall–Kier alpha value is -1.87. The van der Waals surface area contributed by atoms with Crippen LogP contribution in [0.4, 0.5) is 5.69 Å². The van der Waals surface area contributed by atoms with E-state index >= 15 is 0 Å². The molecule has 98 valence electrons. The van der Waals surface area contributed by atoms with Gasteiger partial charge in [0.25, 0.3) is 0 Å². The fourth-order valence-electron chi connectivity index (χ4n) is 2.66. The first-order valence-electron chi connectivity index (χ1n) is 6.81. The number of hydrogen-bond donors (Lipinski definition) is 1. The first kappa shape index (κ1) is 12.2. The molecule has 2 aromatic rings. The number of rotatable bonds is 2. The van der Waals surface area contributed by atoms with Gasteiger partial charge in [-0.05, 0) is 42.6 Å². The van der Waals surface area contributed by atoms with Gasteiger partial charge in [-0.3, -0.25) is 9.88 Å². The molecule has 2 N–H and O–H groups in total. The van der Waals surface area contributed by atoms with E-state index in [-0.39, 0.29) is 0 Å². The standard InChI is InChI=1S/C16H19N3/c17-15-7-8-16(18-10-15)12-19-9-3-6-13-4-1-2-5-14(13)11-19/h1-2,4-5,7-8,10H,3,6,9,11-12,17H2. The largest absolute Gasteiger partial charge is 0.397 e. The summed E-state index contributed by atoms with van der Waals surface area (Å²) in [5, 5.41) is 0. The fourth-order valence-corrected chi connectivity index (χ4v) is 2.66. The van der Waals surface area contributed by atoms with Crippen LogP contribution in [-0.2, 0) is 19.5 Å². The molecule has 0 amide bonds. The van der Waals surface area contributed by atoms with Crippen molar-refractivity contribution in [3.05, 3.63) is 59.4 Å². The normalized spacial score (nSPS) is 15.8. The molecule has 3 heteroatoms. The zero-order valence-corrected chi connectivity index (χ0v) is 11.0. The third kappa shape index (κ3) is 2.93. The highest BCUT2D eigenvalue weighted by Crippen LogP contribution is 2.19. The molecule has 1 aromatic carbocycles. The number of aryl methyl sites for hydroxylation is 1. The maximum atomic E-state index is 5.67. The van der Waals surface area contributed by atoms with E-state index in [1.807, 2.05) is 12.1 Å². The van der Waals surface area contributed by atoms with E-state index in [1.165, 1.54) is 24.0 Å². The molecule has 0 aliphatic carbocycles. The van der Waals surface area contributed by atoms with Crippen molar-refractivity contribution in [1.82, 2.24) is 9.88 Å². The molecule has 0 fully saturated rings. The molecule has 3 nitrogen and oxygen atoms in total. The molecule has 1 aliphatic heterocycles. The highest BCUT2D eigenvalue weighted by Gasteiger charge is 2.14. The predicted molar refractivity (Wildman–Crippen MR) is 77.5 cm³/mol. The van der Waals surface area contributed by atoms with Crippen LogP contribution in [0, 0.1) is 0 Å². The van der Waals surface area contributed by atoms with E-state index in [0.717, 1.165) is 31.0 Å². The van der Waals surface area contributed by atoms with Gasteiger partial charge in [-0.2, -0.15) is 0 Å². The fraction of sp³-hybridized carbons (Fsp3) is 0.312. The average Bonchev–Trinajstić information content (AvgIpc) is 2.63. The lowest BCUT2D eigenvalue weighted by molar-refractivity contribution is 0.258. The summed E-state index contributed by atoms with van der Waals surface area (Å²) in [6.07, 6.45) is 4.13. The van der Waals surface area contributed by atoms with Crippen LogP contribution >= 0.6 is 0 Å². The Morgan fingerprint density at radius 2 is 1.95 bits per heavy atom. The first-order valence-corrected chi connectivity index (χ1v) is 6.81. The van der Waals surface area contributed by atoms with Crippen molar-refractivity contribution in [2.24, 2.45) is 0 Å². The topological polar surface area (TPSA) is 42.1 Å². The Morgan fingerprint density at radius 3 is 2.74 bits per heavy atom. The van der Waals surface area contributed by atoms with Gasteiger partial charge in [0.2, 0.25) is 0 Å². The SMILES string of the molecule is Nc1ccc(CN2CCCc3ccccc3C2)nc1. The first-order chi connectivity index (χ1) is 9.31. The molecule has 0 saturated heterocycles. The van der Waals surface area contributed by atoms with Crippen molar-refractivity contribution in [3.8, 4) is 0 Å². The number of benzene rings is 1. The number of nitrogens with zero attached hydrogens (tertiary/aromatic N) is 2. The van der Waals surface area contributed by atoms with Crippen molar-refractivity contribution in [2.45, 2.75) is 25.9 Å². The summed E-state index contributed by atoms with van der Waals surface area (Å²) in [5.41, 5.74) is 10.4. The molecule has 0 spiro atoms. The molecule has 3 rings (SSSR count). The number of nitrogens with two attached hydrogens (primary N) is 1. The lowest BCUT2D eigenvalue weighted by Crippen LogP contribution is -2.23. The summed E-state index contributed by atoms with van der Waals surface area (Å²) >= 11 is 0. The summed E-state index contributed by atoms with van der Waals surface area (Å²) in [7, 11) is 0. The van der Waals surface area contributed by atoms with Crippen molar-refractivity contribution in [2.75, 3.05) is 12.3 Å². The summed E-state index contributed by atoms with van der Waals surface area (Å²) in [4.78, 5) is 6.85. The average molecular weight is 253 g/mol. The number of aromatic nitrogens is 1. The van der Waals surface area contributed by atoms with Gasteiger partial charge < -0.3 is 5.73 Å². The van der Waals surface area contributed by atoms with Gasteiger partial charge in [0, 0.05) is 13.1 Å². The van der Waals surface area contributed by atoms with E-state index in [2.05, 4.69) is 34.1 Å². The minimum absolute atomic E-state index is 0.727. The van der Waals surface area contributed by atoms with Crippen molar-refractivity contribution < 1.29 is 0 Å². The number of hydrogen-bond acceptors (Lipinski definition) is 3. The monoisotopic (exact) mass is 253 g/mol. The molecular formula is C16H19N3. The van der Waals surface area contributed by atoms with E-state index in [9.17, 15) is 0 Å². The highest BCUT2D eigenvalue weighted by molar-refractivity contribution is 5.34. The van der Waals surface area contributed by atoms with Gasteiger partial charge >= 0.3 is 0 Å². The van der Waals surface area contributed by atoms with Crippen LogP contribution in [0.25, 0.3) is 0 Å². The van der Waals surface area contributed by atoms with Crippen LogP contribution < -0.4 is 5.73 Å². The maximum Gasteiger partial charge on any atom is 0.0545 e. The van der Waals surface area contributed by atoms with Gasteiger partial charge in [-0.1, -0.05) is 24.3 Å². The Balaban J connectivity index is 1.74. The lowest BCUT2D eigenvalue weighted by atomic mass is 10.0. The van der Waals surface area contributed by atoms with E-state index < -0.39 is 0 Å². The van der Waals surface area contributed by atoms with Crippen molar-refractivity contribution >= 4 is 5.69 Å². The molecule has 0 radical (unpaired) electrons. The molecular weight excluding hydrogens is 234 g/mol. The second-order valence-electron chi connectivity index (χ2n) is 5.17. The number of anilines is 1. The summed E-state index contributed by atoms with van der Waals surface area (Å²) in [6.45, 7) is 3.04. The third-order valence-electron chi connectivity index (χ3n) is 3.67. The summed E-state index contributed by atoms with van der Waals surface area (Å²) in [6, 6.07) is 12.7. The van der Waals surface area contributed by atoms with Crippen LogP contribution in [0.2, 0.25) is 0 Å². The van der Waals surface area contributed by atoms with Crippen LogP contribution in [0.15, 0.2) is 42.6 Å². The summed E-state index contributed by atoms with van der Waals surface area (Å²) in [5.74, 6) is 0. The predicted octanol–water partition coefficient (Wildman–Crippen LogP) is 2.61. The molecule has 0 saturated carbocycles. The van der Waals surface area contributed by atoms with Gasteiger partial charge in [0.15, 0.2) is 0 Å². The third-order valence-corrected chi connectivity index (χ3v) is 3.67. The second-order valence-corrected chi connectivity index (χ2v) is 5.17. The molecule has 19 heavy (non-hydrogen) atoms. The lowest BCUT2D eigenvalue weighted by Gasteiger charge is -2.20. The minimum atomic E-state index is 0.727. The minimum Gasteiger partial charge on any atom is -0.397 e. The van der Waals surface area contributed by atoms with Crippen LogP contribution in [-0.4, -0.2) is 16.4 Å². The Bertz CT molecular complexity index is 548. The Labute approximate surface area is 114 Å². The van der Waals surface area contributed by atoms with Gasteiger partial charge in [-0.15, -0.1) is 0 Å². The number of nitrogen functional groups attached to an aromatic ring is 1. The highest BCUT2D eigenvalue weighted by atomic mass is 15.1. The van der Waals surface area contributed by atoms with Gasteiger partial charge in [0.1, 0.15) is 0 Å². The Kier molecular flexibility index (Phi) is 3.47. The Morgan fingerprint density at radius 1 is 1.11 bits per heavy atom. The number of pyridine rings is 1. The van der Waals surface area contributed by atoms with Crippen LogP contribution in [0.5, 0.6) is 0 Å². The van der Waals surface area contributed by atoms with Crippen molar-refractivity contribution in [3.63, 3.8) is 0 Å². The summed E-state index contributed by atoms with van der Waals surface area (Å²) < 4.78 is 0. The van der Waals surface area contributed by atoms with E-state index in [1.54, 1.807) is 6.20 Å². The maximum absolute atomic E-state index is 5.67. The molecule has 1 aromatic heterocycles. The number of fused-ring (bicyclic) bond motifs is 1. The molecule has 1 aliphatic rings. The van der Waals surface area contributed by atoms with Crippen LogP contribution in [0.3, 0.4) is 0 Å². The van der Waals surface area contributed by atoms with Gasteiger partial charge in [-0.25, -0.2) is 0 Å². The van der Waals surface area contributed by atoms with E-state index in [0.29, 0.717) is 0 Å². The zero-order valence-electron chi connectivity index (χ0n) is 11.0. The smallest absolute Gasteiger partial charge is 0.0545 e. The van der Waals surface area contributed by atoms with Crippen LogP contribution in [0.1, 0.15) is 23.2 Å². The second kappa shape index (κ2) is 5.41. The quantitative estimate of drug-likeness (QED) is 0.894. The molecule has 2 heterocycles. The van der Waals surface area contributed by atoms with E-state index in [4.69, 9.17) is 5.73 Å². The molecule has 0 atom stereocenters. The zero-order chi connectivity index (χ0) is 13.1.